The fourth-order valence-corrected chi connectivity index (χ4v) is 1.49. The van der Waals surface area contributed by atoms with Gasteiger partial charge in [0, 0.05) is 13.6 Å². The van der Waals surface area contributed by atoms with E-state index in [9.17, 15) is 9.59 Å². The Bertz CT molecular complexity index is 276. The van der Waals surface area contributed by atoms with Crippen LogP contribution in [0.15, 0.2) is 0 Å². The maximum atomic E-state index is 11.6. The lowest BCUT2D eigenvalue weighted by atomic mass is 9.93. The molecule has 1 rings (SSSR count). The van der Waals surface area contributed by atoms with Crippen LogP contribution in [0.4, 0.5) is 0 Å². The molecule has 1 heterocycles. The van der Waals surface area contributed by atoms with E-state index in [2.05, 4.69) is 0 Å². The van der Waals surface area contributed by atoms with E-state index >= 15 is 0 Å². The van der Waals surface area contributed by atoms with Gasteiger partial charge in [0.1, 0.15) is 0 Å². The molecule has 2 amide bonds. The van der Waals surface area contributed by atoms with Gasteiger partial charge in [-0.25, -0.2) is 0 Å². The first-order valence-corrected chi connectivity index (χ1v) is 5.07. The molecule has 1 aliphatic rings. The van der Waals surface area contributed by atoms with Crippen molar-refractivity contribution in [3.63, 3.8) is 0 Å². The Balaban J connectivity index is 2.63. The fraction of sp³-hybridized carbons (Fsp3) is 0.800. The summed E-state index contributed by atoms with van der Waals surface area (Å²) in [6.45, 7) is 5.38. The van der Waals surface area contributed by atoms with Gasteiger partial charge in [-0.1, -0.05) is 13.8 Å². The van der Waals surface area contributed by atoms with E-state index in [1.54, 1.807) is 11.9 Å². The van der Waals surface area contributed by atoms with Crippen molar-refractivity contribution in [2.75, 3.05) is 33.2 Å². The van der Waals surface area contributed by atoms with Crippen molar-refractivity contribution < 1.29 is 9.59 Å². The molecule has 1 saturated heterocycles. The second kappa shape index (κ2) is 4.18. The van der Waals surface area contributed by atoms with E-state index in [4.69, 9.17) is 5.73 Å². The van der Waals surface area contributed by atoms with E-state index in [1.165, 1.54) is 4.90 Å². The molecule has 0 aromatic heterocycles. The second-order valence-corrected chi connectivity index (χ2v) is 4.87. The minimum Gasteiger partial charge on any atom is -0.335 e. The molecule has 2 N–H and O–H groups in total. The summed E-state index contributed by atoms with van der Waals surface area (Å²) in [6, 6.07) is 0. The highest BCUT2D eigenvalue weighted by molar-refractivity contribution is 5.92. The number of carbonyl (C=O) groups excluding carboxylic acids is 2. The van der Waals surface area contributed by atoms with E-state index in [1.807, 2.05) is 13.8 Å². The first-order chi connectivity index (χ1) is 6.85. The number of piperazine rings is 1. The minimum atomic E-state index is -0.133. The van der Waals surface area contributed by atoms with Crippen molar-refractivity contribution in [3.8, 4) is 0 Å². The number of hydrogen-bond acceptors (Lipinski definition) is 3. The van der Waals surface area contributed by atoms with Gasteiger partial charge in [0.25, 0.3) is 0 Å². The molecule has 0 saturated carbocycles. The van der Waals surface area contributed by atoms with Gasteiger partial charge in [0.2, 0.25) is 11.8 Å². The number of likely N-dealkylation sites (N-methyl/N-ethyl adjacent to an activating group) is 1. The molecular weight excluding hydrogens is 194 g/mol. The highest BCUT2D eigenvalue weighted by atomic mass is 16.2. The zero-order chi connectivity index (χ0) is 11.6. The molecule has 5 nitrogen and oxygen atoms in total. The highest BCUT2D eigenvalue weighted by Crippen LogP contribution is 2.16. The van der Waals surface area contributed by atoms with Crippen LogP contribution in [0, 0.1) is 5.41 Å². The number of nitrogens with two attached hydrogens (primary N) is 1. The summed E-state index contributed by atoms with van der Waals surface area (Å²) in [7, 11) is 1.64. The highest BCUT2D eigenvalue weighted by Gasteiger charge is 2.31. The van der Waals surface area contributed by atoms with Gasteiger partial charge in [-0.3, -0.25) is 9.59 Å². The average Bonchev–Trinajstić information content (AvgIpc) is 2.14. The van der Waals surface area contributed by atoms with E-state index in [-0.39, 0.29) is 30.3 Å². The predicted molar refractivity (Wildman–Crippen MR) is 57.1 cm³/mol. The van der Waals surface area contributed by atoms with Crippen LogP contribution in [0.2, 0.25) is 0 Å². The van der Waals surface area contributed by atoms with Crippen molar-refractivity contribution >= 4 is 11.8 Å². The maximum Gasteiger partial charge on any atom is 0.242 e. The third-order valence-corrected chi connectivity index (χ3v) is 2.65. The Morgan fingerprint density at radius 2 is 1.87 bits per heavy atom. The molecule has 0 bridgehead atoms. The van der Waals surface area contributed by atoms with Crippen LogP contribution in [-0.4, -0.2) is 54.8 Å². The number of hydrogen-bond donors (Lipinski definition) is 1. The van der Waals surface area contributed by atoms with Crippen LogP contribution in [0.1, 0.15) is 13.8 Å². The lowest BCUT2D eigenvalue weighted by molar-refractivity contribution is -0.149. The van der Waals surface area contributed by atoms with Gasteiger partial charge in [-0.05, 0) is 12.0 Å². The summed E-state index contributed by atoms with van der Waals surface area (Å²) in [5, 5.41) is 0. The van der Waals surface area contributed by atoms with Crippen LogP contribution < -0.4 is 5.73 Å². The standard InChI is InChI=1S/C10H19N3O2/c1-10(2,6-11)7-13-5-8(14)12(3)4-9(13)15/h4-7,11H2,1-3H3. The Morgan fingerprint density at radius 1 is 1.27 bits per heavy atom. The van der Waals surface area contributed by atoms with Gasteiger partial charge in [0.15, 0.2) is 0 Å². The largest absolute Gasteiger partial charge is 0.335 e. The first-order valence-electron chi connectivity index (χ1n) is 5.07. The minimum absolute atomic E-state index is 0.00127. The Kier molecular flexibility index (Phi) is 3.34. The monoisotopic (exact) mass is 213 g/mol. The molecule has 0 radical (unpaired) electrons. The lowest BCUT2D eigenvalue weighted by Crippen LogP contribution is -2.55. The average molecular weight is 213 g/mol. The summed E-state index contributed by atoms with van der Waals surface area (Å²) < 4.78 is 0. The zero-order valence-electron chi connectivity index (χ0n) is 9.62. The van der Waals surface area contributed by atoms with Crippen molar-refractivity contribution in [1.29, 1.82) is 0 Å². The Hall–Kier alpha value is -1.10. The molecule has 0 unspecified atom stereocenters. The van der Waals surface area contributed by atoms with Gasteiger partial charge >= 0.3 is 0 Å². The number of rotatable bonds is 3. The summed E-state index contributed by atoms with van der Waals surface area (Å²) in [4.78, 5) is 26.1. The number of carbonyl (C=O) groups is 2. The normalized spacial score (nSPS) is 18.7. The van der Waals surface area contributed by atoms with Crippen LogP contribution >= 0.6 is 0 Å². The van der Waals surface area contributed by atoms with Gasteiger partial charge in [-0.2, -0.15) is 0 Å². The first kappa shape index (κ1) is 12.0. The van der Waals surface area contributed by atoms with Crippen LogP contribution in [0.3, 0.4) is 0 Å². The molecule has 1 fully saturated rings. The molecule has 1 aliphatic heterocycles. The zero-order valence-corrected chi connectivity index (χ0v) is 9.62. The molecule has 0 aromatic rings. The molecule has 86 valence electrons. The Labute approximate surface area is 90.2 Å². The van der Waals surface area contributed by atoms with Crippen LogP contribution in [-0.2, 0) is 9.59 Å². The molecule has 15 heavy (non-hydrogen) atoms. The smallest absolute Gasteiger partial charge is 0.242 e. The topological polar surface area (TPSA) is 66.6 Å². The SMILES string of the molecule is CN1CC(=O)N(CC(C)(C)CN)CC1=O. The summed E-state index contributed by atoms with van der Waals surface area (Å²) in [5.74, 6) is -0.0129. The van der Waals surface area contributed by atoms with Crippen LogP contribution in [0.25, 0.3) is 0 Å². The molecular formula is C10H19N3O2. The summed E-state index contributed by atoms with van der Waals surface area (Å²) >= 11 is 0. The molecule has 5 heteroatoms. The third kappa shape index (κ3) is 2.92. The molecule has 0 spiro atoms. The third-order valence-electron chi connectivity index (χ3n) is 2.65. The number of nitrogens with zero attached hydrogens (tertiary/aromatic N) is 2. The van der Waals surface area contributed by atoms with Crippen LogP contribution in [0.5, 0.6) is 0 Å². The molecule has 0 atom stereocenters. The van der Waals surface area contributed by atoms with Crippen molar-refractivity contribution in [2.45, 2.75) is 13.8 Å². The molecule has 0 aliphatic carbocycles. The summed E-state index contributed by atoms with van der Waals surface area (Å²) in [5.41, 5.74) is 5.46. The van der Waals surface area contributed by atoms with Crippen molar-refractivity contribution in [1.82, 2.24) is 9.80 Å². The Morgan fingerprint density at radius 3 is 2.40 bits per heavy atom. The van der Waals surface area contributed by atoms with Gasteiger partial charge in [-0.15, -0.1) is 0 Å². The maximum absolute atomic E-state index is 11.6. The van der Waals surface area contributed by atoms with Crippen molar-refractivity contribution in [3.05, 3.63) is 0 Å². The second-order valence-electron chi connectivity index (χ2n) is 4.87. The number of amides is 2. The fourth-order valence-electron chi connectivity index (χ4n) is 1.49. The van der Waals surface area contributed by atoms with Crippen molar-refractivity contribution in [2.24, 2.45) is 11.1 Å². The predicted octanol–water partition coefficient (Wildman–Crippen LogP) is -0.728. The lowest BCUT2D eigenvalue weighted by Gasteiger charge is -2.36. The van der Waals surface area contributed by atoms with Gasteiger partial charge in [0.05, 0.1) is 13.1 Å². The quantitative estimate of drug-likeness (QED) is 0.672. The summed E-state index contributed by atoms with van der Waals surface area (Å²) in [6.07, 6.45) is 0. The van der Waals surface area contributed by atoms with Gasteiger partial charge < -0.3 is 15.5 Å². The van der Waals surface area contributed by atoms with E-state index in [0.717, 1.165) is 0 Å². The molecule has 0 aromatic carbocycles. The van der Waals surface area contributed by atoms with E-state index < -0.39 is 0 Å². The van der Waals surface area contributed by atoms with E-state index in [0.29, 0.717) is 13.1 Å².